The molecule has 0 unspecified atom stereocenters. The number of rotatable bonds is 7. The predicted molar refractivity (Wildman–Crippen MR) is 138 cm³/mol. The second-order valence-electron chi connectivity index (χ2n) is 9.17. The number of hydrogen-bond acceptors (Lipinski definition) is 5. The van der Waals surface area contributed by atoms with E-state index in [2.05, 4.69) is 38.7 Å². The number of carbonyl (C=O) groups excluding carboxylic acids is 1. The van der Waals surface area contributed by atoms with Crippen LogP contribution >= 0.6 is 0 Å². The first kappa shape index (κ1) is 22.9. The fourth-order valence-corrected chi connectivity index (χ4v) is 4.95. The fourth-order valence-electron chi connectivity index (χ4n) is 4.95. The zero-order chi connectivity index (χ0) is 24.0. The van der Waals surface area contributed by atoms with Crippen LogP contribution in [-0.4, -0.2) is 46.2 Å². The maximum atomic E-state index is 13.4. The van der Waals surface area contributed by atoms with Gasteiger partial charge in [-0.1, -0.05) is 18.2 Å². The molecule has 180 valence electrons. The lowest BCUT2D eigenvalue weighted by atomic mass is 9.91. The Bertz CT molecular complexity index is 1290. The van der Waals surface area contributed by atoms with Crippen LogP contribution in [0.2, 0.25) is 0 Å². The molecular formula is C28H31N5O2. The summed E-state index contributed by atoms with van der Waals surface area (Å²) in [5.41, 5.74) is 4.97. The van der Waals surface area contributed by atoms with Gasteiger partial charge in [-0.25, -0.2) is 0 Å². The molecule has 0 radical (unpaired) electrons. The van der Waals surface area contributed by atoms with Gasteiger partial charge in [-0.3, -0.25) is 14.9 Å². The Hall–Kier alpha value is -3.87. The minimum Gasteiger partial charge on any atom is -0.495 e. The molecule has 5 rings (SSSR count). The highest BCUT2D eigenvalue weighted by atomic mass is 16.5. The summed E-state index contributed by atoms with van der Waals surface area (Å²) < 4.78 is 5.52. The molecule has 0 saturated carbocycles. The topological polar surface area (TPSA) is 83.1 Å². The predicted octanol–water partition coefficient (Wildman–Crippen LogP) is 5.06. The first-order chi connectivity index (χ1) is 17.2. The minimum absolute atomic E-state index is 0.0784. The van der Waals surface area contributed by atoms with E-state index in [1.165, 1.54) is 10.9 Å². The average molecular weight is 470 g/mol. The van der Waals surface area contributed by atoms with Crippen molar-refractivity contribution in [1.29, 1.82) is 0 Å². The van der Waals surface area contributed by atoms with Crippen molar-refractivity contribution in [3.63, 3.8) is 0 Å². The number of methoxy groups -OCH3 is 1. The van der Waals surface area contributed by atoms with Crippen LogP contribution in [0.25, 0.3) is 10.9 Å². The van der Waals surface area contributed by atoms with Gasteiger partial charge >= 0.3 is 0 Å². The molecule has 1 atom stereocenters. The van der Waals surface area contributed by atoms with Crippen LogP contribution in [0.4, 0.5) is 5.69 Å². The Balaban J connectivity index is 1.24. The first-order valence-corrected chi connectivity index (χ1v) is 12.2. The number of aromatic amines is 1. The molecule has 1 fully saturated rings. The van der Waals surface area contributed by atoms with E-state index in [4.69, 9.17) is 4.74 Å². The van der Waals surface area contributed by atoms with Crippen molar-refractivity contribution in [3.8, 4) is 5.75 Å². The minimum atomic E-state index is 0.0784. The van der Waals surface area contributed by atoms with E-state index in [9.17, 15) is 4.79 Å². The number of nitrogens with one attached hydrogen (secondary N) is 2. The highest BCUT2D eigenvalue weighted by Crippen LogP contribution is 2.29. The second-order valence-corrected chi connectivity index (χ2v) is 9.17. The number of nitrogens with zero attached hydrogens (tertiary/aromatic N) is 3. The zero-order valence-electron chi connectivity index (χ0n) is 20.0. The Kier molecular flexibility index (Phi) is 6.93. The van der Waals surface area contributed by atoms with E-state index in [1.54, 1.807) is 13.3 Å². The van der Waals surface area contributed by atoms with Crippen LogP contribution in [0, 0.1) is 5.92 Å². The highest BCUT2D eigenvalue weighted by molar-refractivity contribution is 5.95. The number of carbonyl (C=O) groups is 1. The van der Waals surface area contributed by atoms with E-state index in [-0.39, 0.29) is 5.91 Å². The summed E-state index contributed by atoms with van der Waals surface area (Å²) >= 11 is 0. The number of H-pyrrole nitrogens is 1. The quantitative estimate of drug-likeness (QED) is 0.395. The van der Waals surface area contributed by atoms with Gasteiger partial charge in [-0.05, 0) is 73.1 Å². The van der Waals surface area contributed by atoms with Crippen molar-refractivity contribution in [3.05, 3.63) is 83.8 Å². The smallest absolute Gasteiger partial charge is 0.253 e. The Morgan fingerprint density at radius 3 is 2.94 bits per heavy atom. The summed E-state index contributed by atoms with van der Waals surface area (Å²) in [4.78, 5) is 19.6. The van der Waals surface area contributed by atoms with E-state index in [0.717, 1.165) is 61.3 Å². The second kappa shape index (κ2) is 10.6. The van der Waals surface area contributed by atoms with Crippen LogP contribution < -0.4 is 10.1 Å². The number of likely N-dealkylation sites (tertiary alicyclic amines) is 1. The summed E-state index contributed by atoms with van der Waals surface area (Å²) in [6, 6.07) is 15.9. The van der Waals surface area contributed by atoms with Gasteiger partial charge in [-0.15, -0.1) is 0 Å². The van der Waals surface area contributed by atoms with E-state index in [1.807, 2.05) is 47.6 Å². The third-order valence-corrected chi connectivity index (χ3v) is 6.87. The SMILES string of the molecule is COc1ccc(C(=O)N2CCC[C@@H](Cc3cccc4[nH]ncc34)CC2)cc1NCc1cccnc1. The van der Waals surface area contributed by atoms with Crippen molar-refractivity contribution in [2.24, 2.45) is 5.92 Å². The lowest BCUT2D eigenvalue weighted by molar-refractivity contribution is 0.0760. The molecule has 1 amide bonds. The van der Waals surface area contributed by atoms with Crippen LogP contribution in [0.3, 0.4) is 0 Å². The van der Waals surface area contributed by atoms with E-state index >= 15 is 0 Å². The van der Waals surface area contributed by atoms with Crippen molar-refractivity contribution < 1.29 is 9.53 Å². The normalized spacial score (nSPS) is 16.1. The number of benzene rings is 2. The standard InChI is InChI=1S/C28H31N5O2/c1-35-27-10-9-23(16-26(27)30-18-21-5-3-12-29-17-21)28(34)33-13-4-6-20(11-14-33)15-22-7-2-8-25-24(22)19-31-32-25/h2-3,5,7-10,12,16-17,19-20,30H,4,6,11,13-15,18H2,1H3,(H,31,32)/t20-/m1/s1. The maximum Gasteiger partial charge on any atom is 0.253 e. The van der Waals surface area contributed by atoms with Crippen molar-refractivity contribution >= 4 is 22.5 Å². The van der Waals surface area contributed by atoms with E-state index in [0.29, 0.717) is 18.0 Å². The Morgan fingerprint density at radius 1 is 1.14 bits per heavy atom. The lowest BCUT2D eigenvalue weighted by Crippen LogP contribution is -2.32. The number of pyridine rings is 1. The molecule has 0 spiro atoms. The lowest BCUT2D eigenvalue weighted by Gasteiger charge is -2.22. The molecule has 2 aromatic heterocycles. The Labute approximate surface area is 205 Å². The largest absolute Gasteiger partial charge is 0.495 e. The van der Waals surface area contributed by atoms with Gasteiger partial charge < -0.3 is 15.0 Å². The van der Waals surface area contributed by atoms with Gasteiger partial charge in [0.15, 0.2) is 0 Å². The van der Waals surface area contributed by atoms with Crippen LogP contribution in [0.5, 0.6) is 5.75 Å². The highest BCUT2D eigenvalue weighted by Gasteiger charge is 2.23. The number of amides is 1. The molecule has 7 heteroatoms. The molecule has 3 heterocycles. The summed E-state index contributed by atoms with van der Waals surface area (Å²) in [5, 5.41) is 11.9. The molecular weight excluding hydrogens is 438 g/mol. The van der Waals surface area contributed by atoms with Gasteiger partial charge in [0.2, 0.25) is 0 Å². The molecule has 0 aliphatic carbocycles. The molecule has 4 aromatic rings. The molecule has 1 saturated heterocycles. The third kappa shape index (κ3) is 5.29. The van der Waals surface area contributed by atoms with Crippen LogP contribution in [0.1, 0.15) is 40.7 Å². The van der Waals surface area contributed by atoms with Crippen molar-refractivity contribution in [2.45, 2.75) is 32.2 Å². The van der Waals surface area contributed by atoms with Gasteiger partial charge in [0.1, 0.15) is 5.75 Å². The summed E-state index contributed by atoms with van der Waals surface area (Å²) in [5.74, 6) is 1.35. The van der Waals surface area contributed by atoms with Crippen molar-refractivity contribution in [1.82, 2.24) is 20.1 Å². The van der Waals surface area contributed by atoms with Crippen LogP contribution in [0.15, 0.2) is 67.1 Å². The number of fused-ring (bicyclic) bond motifs is 1. The molecule has 2 N–H and O–H groups in total. The number of ether oxygens (including phenoxy) is 1. The summed E-state index contributed by atoms with van der Waals surface area (Å²) in [7, 11) is 1.64. The molecule has 1 aliphatic heterocycles. The molecule has 7 nitrogen and oxygen atoms in total. The molecule has 35 heavy (non-hydrogen) atoms. The monoisotopic (exact) mass is 469 g/mol. The Morgan fingerprint density at radius 2 is 2.09 bits per heavy atom. The summed E-state index contributed by atoms with van der Waals surface area (Å²) in [6.45, 7) is 2.17. The number of hydrogen-bond donors (Lipinski definition) is 2. The summed E-state index contributed by atoms with van der Waals surface area (Å²) in [6.07, 6.45) is 9.66. The van der Waals surface area contributed by atoms with Crippen molar-refractivity contribution in [2.75, 3.05) is 25.5 Å². The molecule has 1 aliphatic rings. The third-order valence-electron chi connectivity index (χ3n) is 6.87. The van der Waals surface area contributed by atoms with Crippen LogP contribution in [-0.2, 0) is 13.0 Å². The first-order valence-electron chi connectivity index (χ1n) is 12.2. The van der Waals surface area contributed by atoms with Gasteiger partial charge in [0.25, 0.3) is 5.91 Å². The van der Waals surface area contributed by atoms with Gasteiger partial charge in [0, 0.05) is 43.0 Å². The van der Waals surface area contributed by atoms with Gasteiger partial charge in [0.05, 0.1) is 24.5 Å². The molecule has 0 bridgehead atoms. The maximum absolute atomic E-state index is 13.4. The molecule has 2 aromatic carbocycles. The van der Waals surface area contributed by atoms with Gasteiger partial charge in [-0.2, -0.15) is 5.10 Å². The average Bonchev–Trinajstić information content (AvgIpc) is 3.27. The number of aromatic nitrogens is 3. The fraction of sp³-hybridized carbons (Fsp3) is 0.321. The zero-order valence-corrected chi connectivity index (χ0v) is 20.0. The number of anilines is 1. The van der Waals surface area contributed by atoms with E-state index < -0.39 is 0 Å².